The monoisotopic (exact) mass is 355 g/mol. The molecule has 0 radical (unpaired) electrons. The Kier molecular flexibility index (Phi) is 5.58. The number of methoxy groups -OCH3 is 1. The van der Waals surface area contributed by atoms with Crippen LogP contribution in [0.1, 0.15) is 17.9 Å². The molecule has 1 aromatic heterocycles. The van der Waals surface area contributed by atoms with E-state index in [2.05, 4.69) is 15.5 Å². The third kappa shape index (κ3) is 4.66. The van der Waals surface area contributed by atoms with Gasteiger partial charge in [-0.15, -0.1) is 10.2 Å². The number of aromatic nitrogens is 2. The van der Waals surface area contributed by atoms with E-state index in [9.17, 15) is 9.18 Å². The molecular formula is C19H18FN3O3. The molecule has 0 saturated carbocycles. The van der Waals surface area contributed by atoms with E-state index < -0.39 is 0 Å². The Balaban J connectivity index is 1.49. The molecule has 0 aliphatic carbocycles. The second kappa shape index (κ2) is 8.24. The molecule has 0 fully saturated rings. The third-order valence-electron chi connectivity index (χ3n) is 3.77. The van der Waals surface area contributed by atoms with Gasteiger partial charge in [-0.2, -0.15) is 0 Å². The summed E-state index contributed by atoms with van der Waals surface area (Å²) in [4.78, 5) is 11.9. The zero-order valence-electron chi connectivity index (χ0n) is 14.2. The van der Waals surface area contributed by atoms with Crippen molar-refractivity contribution < 1.29 is 18.3 Å². The minimum absolute atomic E-state index is 0.140. The number of nitrogens with zero attached hydrogens (tertiary/aromatic N) is 2. The zero-order valence-corrected chi connectivity index (χ0v) is 14.2. The summed E-state index contributed by atoms with van der Waals surface area (Å²) in [6, 6.07) is 13.3. The van der Waals surface area contributed by atoms with Gasteiger partial charge in [-0.1, -0.05) is 12.1 Å². The number of rotatable bonds is 7. The van der Waals surface area contributed by atoms with E-state index >= 15 is 0 Å². The summed E-state index contributed by atoms with van der Waals surface area (Å²) in [5.74, 6) is 1.09. The predicted octanol–water partition coefficient (Wildman–Crippen LogP) is 3.13. The highest BCUT2D eigenvalue weighted by molar-refractivity contribution is 5.76. The molecule has 3 aromatic rings. The van der Waals surface area contributed by atoms with Gasteiger partial charge < -0.3 is 14.5 Å². The van der Waals surface area contributed by atoms with Crippen LogP contribution >= 0.6 is 0 Å². The topological polar surface area (TPSA) is 77.2 Å². The van der Waals surface area contributed by atoms with Gasteiger partial charge >= 0.3 is 0 Å². The summed E-state index contributed by atoms with van der Waals surface area (Å²) in [7, 11) is 1.60. The molecule has 0 spiro atoms. The number of carbonyl (C=O) groups is 1. The quantitative estimate of drug-likeness (QED) is 0.704. The van der Waals surface area contributed by atoms with Crippen LogP contribution in [0.5, 0.6) is 5.75 Å². The molecular weight excluding hydrogens is 337 g/mol. The van der Waals surface area contributed by atoms with Gasteiger partial charge in [0.15, 0.2) is 0 Å². The van der Waals surface area contributed by atoms with Crippen LogP contribution in [0.25, 0.3) is 11.5 Å². The Morgan fingerprint density at radius 3 is 2.54 bits per heavy atom. The third-order valence-corrected chi connectivity index (χ3v) is 3.77. The average molecular weight is 355 g/mol. The fourth-order valence-electron chi connectivity index (χ4n) is 2.32. The number of hydrogen-bond donors (Lipinski definition) is 1. The molecule has 1 amide bonds. The smallest absolute Gasteiger partial charge is 0.247 e. The van der Waals surface area contributed by atoms with Gasteiger partial charge in [0.05, 0.1) is 7.11 Å². The van der Waals surface area contributed by atoms with Crippen molar-refractivity contribution in [3.05, 3.63) is 65.8 Å². The second-order valence-corrected chi connectivity index (χ2v) is 5.63. The lowest BCUT2D eigenvalue weighted by Crippen LogP contribution is -2.23. The normalized spacial score (nSPS) is 10.5. The highest BCUT2D eigenvalue weighted by Gasteiger charge is 2.11. The molecule has 3 rings (SSSR count). The lowest BCUT2D eigenvalue weighted by Gasteiger charge is -2.04. The maximum Gasteiger partial charge on any atom is 0.247 e. The van der Waals surface area contributed by atoms with E-state index in [1.807, 2.05) is 24.3 Å². The minimum atomic E-state index is -0.302. The molecule has 6 nitrogen and oxygen atoms in total. The van der Waals surface area contributed by atoms with Gasteiger partial charge in [0, 0.05) is 24.9 Å². The summed E-state index contributed by atoms with van der Waals surface area (Å²) in [5, 5.41) is 10.7. The summed E-state index contributed by atoms with van der Waals surface area (Å²) in [6.45, 7) is 0.347. The molecule has 0 bridgehead atoms. The lowest BCUT2D eigenvalue weighted by atomic mass is 10.2. The van der Waals surface area contributed by atoms with Gasteiger partial charge in [-0.3, -0.25) is 4.79 Å². The standard InChI is InChI=1S/C19H18FN3O3/c1-25-16-8-4-14(5-9-16)19-23-22-18(26-19)11-10-17(24)21-12-13-2-6-15(20)7-3-13/h2-9H,10-12H2,1H3,(H,21,24). The molecule has 0 saturated heterocycles. The van der Waals surface area contributed by atoms with Gasteiger partial charge in [0.2, 0.25) is 17.7 Å². The first-order valence-corrected chi connectivity index (χ1v) is 8.12. The van der Waals surface area contributed by atoms with Gasteiger partial charge in [-0.25, -0.2) is 4.39 Å². The number of carbonyl (C=O) groups excluding carboxylic acids is 1. The Hall–Kier alpha value is -3.22. The maximum atomic E-state index is 12.8. The Bertz CT molecular complexity index is 860. The van der Waals surface area contributed by atoms with Gasteiger partial charge in [-0.05, 0) is 42.0 Å². The fourth-order valence-corrected chi connectivity index (χ4v) is 2.32. The average Bonchev–Trinajstić information content (AvgIpc) is 3.15. The van der Waals surface area contributed by atoms with Crippen LogP contribution < -0.4 is 10.1 Å². The van der Waals surface area contributed by atoms with Crippen LogP contribution in [0.4, 0.5) is 4.39 Å². The van der Waals surface area contributed by atoms with Gasteiger partial charge in [0.25, 0.3) is 0 Å². The first-order valence-electron chi connectivity index (χ1n) is 8.12. The van der Waals surface area contributed by atoms with Crippen molar-refractivity contribution in [2.24, 2.45) is 0 Å². The SMILES string of the molecule is COc1ccc(-c2nnc(CCC(=O)NCc3ccc(F)cc3)o2)cc1. The highest BCUT2D eigenvalue weighted by atomic mass is 19.1. The molecule has 0 aliphatic heterocycles. The summed E-state index contributed by atoms with van der Waals surface area (Å²) in [5.41, 5.74) is 1.62. The highest BCUT2D eigenvalue weighted by Crippen LogP contribution is 2.21. The van der Waals surface area contributed by atoms with Crippen LogP contribution in [0.2, 0.25) is 0 Å². The van der Waals surface area contributed by atoms with E-state index in [4.69, 9.17) is 9.15 Å². The van der Waals surface area contributed by atoms with Crippen LogP contribution in [0.3, 0.4) is 0 Å². The van der Waals surface area contributed by atoms with Crippen LogP contribution in [0, 0.1) is 5.82 Å². The predicted molar refractivity (Wildman–Crippen MR) is 92.9 cm³/mol. The Labute approximate surface area is 150 Å². The molecule has 26 heavy (non-hydrogen) atoms. The maximum absolute atomic E-state index is 12.8. The van der Waals surface area contributed by atoms with Crippen LogP contribution in [0.15, 0.2) is 52.9 Å². The first kappa shape index (κ1) is 17.6. The molecule has 2 aromatic carbocycles. The molecule has 134 valence electrons. The lowest BCUT2D eigenvalue weighted by molar-refractivity contribution is -0.121. The Morgan fingerprint density at radius 2 is 1.85 bits per heavy atom. The zero-order chi connectivity index (χ0) is 18.4. The van der Waals surface area contributed by atoms with Crippen molar-refractivity contribution in [1.29, 1.82) is 0 Å². The number of nitrogens with one attached hydrogen (secondary N) is 1. The van der Waals surface area contributed by atoms with E-state index in [1.165, 1.54) is 12.1 Å². The molecule has 1 heterocycles. The number of benzene rings is 2. The minimum Gasteiger partial charge on any atom is -0.497 e. The van der Waals surface area contributed by atoms with E-state index in [0.717, 1.165) is 16.9 Å². The van der Waals surface area contributed by atoms with Gasteiger partial charge in [0.1, 0.15) is 11.6 Å². The van der Waals surface area contributed by atoms with E-state index in [1.54, 1.807) is 19.2 Å². The number of amides is 1. The molecule has 7 heteroatoms. The van der Waals surface area contributed by atoms with Crippen LogP contribution in [-0.2, 0) is 17.8 Å². The van der Waals surface area contributed by atoms with Crippen LogP contribution in [-0.4, -0.2) is 23.2 Å². The van der Waals surface area contributed by atoms with Crippen molar-refractivity contribution in [1.82, 2.24) is 15.5 Å². The molecule has 0 aliphatic rings. The van der Waals surface area contributed by atoms with Crippen molar-refractivity contribution in [2.45, 2.75) is 19.4 Å². The molecule has 1 N–H and O–H groups in total. The van der Waals surface area contributed by atoms with Crippen molar-refractivity contribution >= 4 is 5.91 Å². The molecule has 0 atom stereocenters. The number of aryl methyl sites for hydroxylation is 1. The van der Waals surface area contributed by atoms with E-state index in [0.29, 0.717) is 24.7 Å². The second-order valence-electron chi connectivity index (χ2n) is 5.63. The largest absolute Gasteiger partial charge is 0.497 e. The van der Waals surface area contributed by atoms with E-state index in [-0.39, 0.29) is 18.1 Å². The van der Waals surface area contributed by atoms with Crippen molar-refractivity contribution in [3.63, 3.8) is 0 Å². The number of hydrogen-bond acceptors (Lipinski definition) is 5. The summed E-state index contributed by atoms with van der Waals surface area (Å²) in [6.07, 6.45) is 0.573. The number of halogens is 1. The summed E-state index contributed by atoms with van der Waals surface area (Å²) < 4.78 is 23.5. The molecule has 0 unspecified atom stereocenters. The van der Waals surface area contributed by atoms with Crippen molar-refractivity contribution in [2.75, 3.05) is 7.11 Å². The first-order chi connectivity index (χ1) is 12.6. The fraction of sp³-hybridized carbons (Fsp3) is 0.211. The Morgan fingerprint density at radius 1 is 1.12 bits per heavy atom. The van der Waals surface area contributed by atoms with Crippen molar-refractivity contribution in [3.8, 4) is 17.2 Å². The summed E-state index contributed by atoms with van der Waals surface area (Å²) >= 11 is 0. The number of ether oxygens (including phenoxy) is 1.